The number of methoxy groups -OCH3 is 1. The fourth-order valence-electron chi connectivity index (χ4n) is 4.36. The maximum atomic E-state index is 13.6. The van der Waals surface area contributed by atoms with E-state index in [-0.39, 0.29) is 17.3 Å². The zero-order chi connectivity index (χ0) is 25.3. The van der Waals surface area contributed by atoms with Crippen molar-refractivity contribution in [3.63, 3.8) is 0 Å². The highest BCUT2D eigenvalue weighted by atomic mass is 32.2. The van der Waals surface area contributed by atoms with Crippen LogP contribution in [0.25, 0.3) is 10.2 Å². The molecular formula is C26H27N3O5S2. The smallest absolute Gasteiger partial charge is 0.260 e. The minimum Gasteiger partial charge on any atom is -0.497 e. The van der Waals surface area contributed by atoms with Crippen molar-refractivity contribution >= 4 is 42.6 Å². The first-order valence-electron chi connectivity index (χ1n) is 11.7. The summed E-state index contributed by atoms with van der Waals surface area (Å²) in [7, 11) is -2.01. The molecule has 0 spiro atoms. The van der Waals surface area contributed by atoms with Crippen LogP contribution < -0.4 is 9.64 Å². The summed E-state index contributed by atoms with van der Waals surface area (Å²) in [6, 6.07) is 15.3. The molecule has 1 amide bonds. The van der Waals surface area contributed by atoms with Gasteiger partial charge in [0.25, 0.3) is 5.91 Å². The lowest BCUT2D eigenvalue weighted by atomic mass is 10.0. The minimum absolute atomic E-state index is 0.189. The van der Waals surface area contributed by atoms with E-state index >= 15 is 0 Å². The Bertz CT molecular complexity index is 1460. The van der Waals surface area contributed by atoms with E-state index in [1.807, 2.05) is 18.2 Å². The van der Waals surface area contributed by atoms with Crippen molar-refractivity contribution in [1.82, 2.24) is 9.29 Å². The van der Waals surface area contributed by atoms with Crippen molar-refractivity contribution in [2.24, 2.45) is 5.92 Å². The zero-order valence-corrected chi connectivity index (χ0v) is 21.7. The highest BCUT2D eigenvalue weighted by Gasteiger charge is 2.29. The van der Waals surface area contributed by atoms with Crippen molar-refractivity contribution in [1.29, 1.82) is 0 Å². The number of benzene rings is 2. The first-order valence-corrected chi connectivity index (χ1v) is 14.0. The first kappa shape index (κ1) is 24.5. The number of nitrogens with zero attached hydrogens (tertiary/aromatic N) is 3. The number of hydrogen-bond acceptors (Lipinski definition) is 7. The Kier molecular flexibility index (Phi) is 6.83. The molecule has 4 aromatic rings. The number of furan rings is 1. The quantitative estimate of drug-likeness (QED) is 0.331. The number of carbonyl (C=O) groups is 1. The minimum atomic E-state index is -3.60. The standard InChI is InChI=1S/C26H27N3O5S2/c1-18-5-3-13-28(16-18)36(31,32)22-10-7-19(8-11-22)25(30)29(17-21-6-4-14-34-21)26-27-23-15-20(33-2)9-12-24(23)35-26/h4,6-12,14-15,18H,3,5,13,16-17H2,1-2H3. The maximum absolute atomic E-state index is 13.6. The van der Waals surface area contributed by atoms with Crippen molar-refractivity contribution in [3.8, 4) is 5.75 Å². The number of ether oxygens (including phenoxy) is 1. The SMILES string of the molecule is COc1ccc2sc(N(Cc3ccco3)C(=O)c3ccc(S(=O)(=O)N4CCCC(C)C4)cc3)nc2c1. The molecule has 0 N–H and O–H groups in total. The number of piperidine rings is 1. The highest BCUT2D eigenvalue weighted by molar-refractivity contribution is 7.89. The lowest BCUT2D eigenvalue weighted by Crippen LogP contribution is -2.39. The molecule has 8 nitrogen and oxygen atoms in total. The molecule has 3 heterocycles. The van der Waals surface area contributed by atoms with Crippen LogP contribution in [0.4, 0.5) is 5.13 Å². The van der Waals surface area contributed by atoms with Crippen LogP contribution in [0.1, 0.15) is 35.9 Å². The van der Waals surface area contributed by atoms with E-state index in [2.05, 4.69) is 11.9 Å². The molecule has 36 heavy (non-hydrogen) atoms. The van der Waals surface area contributed by atoms with Gasteiger partial charge in [-0.3, -0.25) is 9.69 Å². The topological polar surface area (TPSA) is 92.9 Å². The number of amides is 1. The molecule has 1 aliphatic rings. The Labute approximate surface area is 214 Å². The Morgan fingerprint density at radius 3 is 2.72 bits per heavy atom. The van der Waals surface area contributed by atoms with Crippen LogP contribution in [0, 0.1) is 5.92 Å². The third-order valence-corrected chi connectivity index (χ3v) is 9.25. The molecule has 1 fully saturated rings. The summed E-state index contributed by atoms with van der Waals surface area (Å²) >= 11 is 1.39. The number of fused-ring (bicyclic) bond motifs is 1. The van der Waals surface area contributed by atoms with Crippen LogP contribution in [-0.2, 0) is 16.6 Å². The van der Waals surface area contributed by atoms with Gasteiger partial charge in [-0.05, 0) is 67.3 Å². The van der Waals surface area contributed by atoms with Crippen molar-refractivity contribution in [2.45, 2.75) is 31.2 Å². The van der Waals surface area contributed by atoms with Crippen molar-refractivity contribution < 1.29 is 22.4 Å². The lowest BCUT2D eigenvalue weighted by Gasteiger charge is -2.30. The van der Waals surface area contributed by atoms with E-state index in [0.717, 1.165) is 23.1 Å². The van der Waals surface area contributed by atoms with Crippen LogP contribution in [0.5, 0.6) is 5.75 Å². The van der Waals surface area contributed by atoms with Gasteiger partial charge in [-0.1, -0.05) is 18.3 Å². The Balaban J connectivity index is 1.45. The molecule has 2 aromatic carbocycles. The van der Waals surface area contributed by atoms with E-state index in [9.17, 15) is 13.2 Å². The molecule has 1 aliphatic heterocycles. The summed E-state index contributed by atoms with van der Waals surface area (Å²) in [6.07, 6.45) is 3.44. The molecule has 0 aliphatic carbocycles. The molecule has 1 atom stereocenters. The van der Waals surface area contributed by atoms with Gasteiger partial charge < -0.3 is 9.15 Å². The van der Waals surface area contributed by atoms with Gasteiger partial charge >= 0.3 is 0 Å². The second-order valence-corrected chi connectivity index (χ2v) is 11.9. The second kappa shape index (κ2) is 10.0. The summed E-state index contributed by atoms with van der Waals surface area (Å²) in [5, 5.41) is 0.513. The molecule has 0 saturated carbocycles. The average molecular weight is 526 g/mol. The van der Waals surface area contributed by atoms with E-state index in [1.165, 1.54) is 27.8 Å². The van der Waals surface area contributed by atoms with Gasteiger partial charge in [0.2, 0.25) is 10.0 Å². The predicted molar refractivity (Wildman–Crippen MR) is 139 cm³/mol. The fourth-order valence-corrected chi connectivity index (χ4v) is 6.90. The van der Waals surface area contributed by atoms with Gasteiger partial charge in [0.15, 0.2) is 5.13 Å². The second-order valence-electron chi connectivity index (χ2n) is 8.94. The molecule has 1 unspecified atom stereocenters. The molecule has 0 radical (unpaired) electrons. The van der Waals surface area contributed by atoms with Crippen LogP contribution >= 0.6 is 11.3 Å². The normalized spacial score (nSPS) is 16.8. The largest absolute Gasteiger partial charge is 0.497 e. The van der Waals surface area contributed by atoms with Gasteiger partial charge in [-0.25, -0.2) is 13.4 Å². The molecule has 5 rings (SSSR count). The molecule has 10 heteroatoms. The van der Waals surface area contributed by atoms with Gasteiger partial charge in [0.1, 0.15) is 11.5 Å². The Hall–Kier alpha value is -3.21. The summed E-state index contributed by atoms with van der Waals surface area (Å²) in [5.41, 5.74) is 1.09. The highest BCUT2D eigenvalue weighted by Crippen LogP contribution is 2.33. The van der Waals surface area contributed by atoms with E-state index in [0.29, 0.717) is 41.2 Å². The summed E-state index contributed by atoms with van der Waals surface area (Å²) in [4.78, 5) is 20.1. The monoisotopic (exact) mass is 525 g/mol. The van der Waals surface area contributed by atoms with E-state index < -0.39 is 10.0 Å². The number of anilines is 1. The third kappa shape index (κ3) is 4.88. The molecule has 1 saturated heterocycles. The van der Waals surface area contributed by atoms with E-state index in [4.69, 9.17) is 9.15 Å². The number of thiazole rings is 1. The van der Waals surface area contributed by atoms with E-state index in [1.54, 1.807) is 42.5 Å². The molecule has 0 bridgehead atoms. The number of hydrogen-bond donors (Lipinski definition) is 0. The molecule has 2 aromatic heterocycles. The number of carbonyl (C=O) groups excluding carboxylic acids is 1. The molecular weight excluding hydrogens is 498 g/mol. The van der Waals surface area contributed by atoms with Crippen molar-refractivity contribution in [2.75, 3.05) is 25.1 Å². The number of rotatable bonds is 7. The van der Waals surface area contributed by atoms with Gasteiger partial charge in [-0.2, -0.15) is 4.31 Å². The third-order valence-electron chi connectivity index (χ3n) is 6.31. The maximum Gasteiger partial charge on any atom is 0.260 e. The van der Waals surface area contributed by atoms with Crippen LogP contribution in [0.15, 0.2) is 70.2 Å². The van der Waals surface area contributed by atoms with Gasteiger partial charge in [-0.15, -0.1) is 0 Å². The summed E-state index contributed by atoms with van der Waals surface area (Å²) in [6.45, 7) is 3.29. The number of sulfonamides is 1. The Morgan fingerprint density at radius 1 is 1.22 bits per heavy atom. The van der Waals surface area contributed by atoms with Crippen molar-refractivity contribution in [3.05, 3.63) is 72.2 Å². The van der Waals surface area contributed by atoms with Gasteiger partial charge in [0.05, 0.1) is 35.0 Å². The number of aromatic nitrogens is 1. The summed E-state index contributed by atoms with van der Waals surface area (Å²) < 4.78 is 39.5. The molecule has 188 valence electrons. The van der Waals surface area contributed by atoms with Gasteiger partial charge in [0, 0.05) is 24.7 Å². The van der Waals surface area contributed by atoms with Crippen LogP contribution in [-0.4, -0.2) is 43.8 Å². The lowest BCUT2D eigenvalue weighted by molar-refractivity contribution is 0.0983. The Morgan fingerprint density at radius 2 is 2.03 bits per heavy atom. The van der Waals surface area contributed by atoms with Crippen LogP contribution in [0.2, 0.25) is 0 Å². The average Bonchev–Trinajstić information content (AvgIpc) is 3.56. The fraction of sp³-hybridized carbons (Fsp3) is 0.308. The first-order chi connectivity index (χ1) is 17.3. The van der Waals surface area contributed by atoms with Crippen LogP contribution in [0.3, 0.4) is 0 Å². The summed E-state index contributed by atoms with van der Waals surface area (Å²) in [5.74, 6) is 1.33. The zero-order valence-electron chi connectivity index (χ0n) is 20.1. The predicted octanol–water partition coefficient (Wildman–Crippen LogP) is 5.17.